The molecule has 0 radical (unpaired) electrons. The fourth-order valence-electron chi connectivity index (χ4n) is 3.78. The SMILES string of the molecule is Cn1cc2c3cc(C(=O)NCc4ncccn4)ccc3n(-c3ccc(C(F)(F)F)cc3)c2n1. The minimum atomic E-state index is -4.41. The molecule has 0 fully saturated rings. The van der Waals surface area contributed by atoms with Crippen LogP contribution >= 0.6 is 0 Å². The van der Waals surface area contributed by atoms with Crippen molar-refractivity contribution in [3.63, 3.8) is 0 Å². The number of benzene rings is 2. The molecule has 1 amide bonds. The molecule has 2 aromatic carbocycles. The van der Waals surface area contributed by atoms with Crippen molar-refractivity contribution in [3.8, 4) is 5.69 Å². The van der Waals surface area contributed by atoms with Gasteiger partial charge in [0.15, 0.2) is 5.65 Å². The first-order valence-electron chi connectivity index (χ1n) is 10.0. The third-order valence-electron chi connectivity index (χ3n) is 5.29. The van der Waals surface area contributed by atoms with Crippen molar-refractivity contribution in [3.05, 3.63) is 84.1 Å². The van der Waals surface area contributed by atoms with Gasteiger partial charge in [-0.3, -0.25) is 14.0 Å². The van der Waals surface area contributed by atoms with Gasteiger partial charge in [0.1, 0.15) is 5.82 Å². The molecule has 0 aliphatic carbocycles. The molecule has 3 aromatic heterocycles. The van der Waals surface area contributed by atoms with E-state index in [-0.39, 0.29) is 12.5 Å². The van der Waals surface area contributed by atoms with E-state index in [9.17, 15) is 18.0 Å². The number of halogens is 3. The molecule has 0 spiro atoms. The number of nitrogens with zero attached hydrogens (tertiary/aromatic N) is 5. The lowest BCUT2D eigenvalue weighted by molar-refractivity contribution is -0.137. The topological polar surface area (TPSA) is 77.6 Å². The summed E-state index contributed by atoms with van der Waals surface area (Å²) in [5, 5.41) is 8.83. The maximum Gasteiger partial charge on any atom is 0.416 e. The summed E-state index contributed by atoms with van der Waals surface area (Å²) >= 11 is 0. The second-order valence-corrected chi connectivity index (χ2v) is 7.50. The lowest BCUT2D eigenvalue weighted by Gasteiger charge is -2.10. The molecule has 0 saturated heterocycles. The average molecular weight is 450 g/mol. The Morgan fingerprint density at radius 2 is 1.76 bits per heavy atom. The highest BCUT2D eigenvalue weighted by molar-refractivity contribution is 6.10. The monoisotopic (exact) mass is 450 g/mol. The zero-order valence-electron chi connectivity index (χ0n) is 17.3. The molecule has 0 unspecified atom stereocenters. The van der Waals surface area contributed by atoms with Crippen molar-refractivity contribution in [2.24, 2.45) is 7.05 Å². The molecule has 1 N–H and O–H groups in total. The number of fused-ring (bicyclic) bond motifs is 3. The summed E-state index contributed by atoms with van der Waals surface area (Å²) in [7, 11) is 1.76. The number of hydrogen-bond acceptors (Lipinski definition) is 4. The van der Waals surface area contributed by atoms with E-state index in [0.29, 0.717) is 22.7 Å². The van der Waals surface area contributed by atoms with E-state index in [0.717, 1.165) is 28.4 Å². The largest absolute Gasteiger partial charge is 0.416 e. The first-order chi connectivity index (χ1) is 15.8. The maximum atomic E-state index is 13.0. The van der Waals surface area contributed by atoms with Crippen LogP contribution in [0, 0.1) is 0 Å². The second kappa shape index (κ2) is 7.73. The van der Waals surface area contributed by atoms with Crippen LogP contribution in [0.2, 0.25) is 0 Å². The van der Waals surface area contributed by atoms with Crippen LogP contribution in [0.15, 0.2) is 67.1 Å². The van der Waals surface area contributed by atoms with Crippen LogP contribution in [0.4, 0.5) is 13.2 Å². The summed E-state index contributed by atoms with van der Waals surface area (Å²) in [6.45, 7) is 0.187. The van der Waals surface area contributed by atoms with Crippen LogP contribution in [0.1, 0.15) is 21.7 Å². The van der Waals surface area contributed by atoms with Crippen molar-refractivity contribution < 1.29 is 18.0 Å². The van der Waals surface area contributed by atoms with Crippen LogP contribution in [0.3, 0.4) is 0 Å². The first kappa shape index (κ1) is 20.7. The predicted octanol–water partition coefficient (Wildman–Crippen LogP) is 4.26. The van der Waals surface area contributed by atoms with Crippen LogP contribution in [-0.2, 0) is 19.8 Å². The van der Waals surface area contributed by atoms with Gasteiger partial charge >= 0.3 is 6.18 Å². The molecule has 5 rings (SSSR count). The second-order valence-electron chi connectivity index (χ2n) is 7.50. The molecule has 10 heteroatoms. The number of alkyl halides is 3. The van der Waals surface area contributed by atoms with Crippen molar-refractivity contribution in [1.82, 2.24) is 29.6 Å². The molecule has 33 heavy (non-hydrogen) atoms. The van der Waals surface area contributed by atoms with Gasteiger partial charge < -0.3 is 5.32 Å². The average Bonchev–Trinajstić information content (AvgIpc) is 3.32. The molecular weight excluding hydrogens is 433 g/mol. The van der Waals surface area contributed by atoms with Crippen LogP contribution in [0.5, 0.6) is 0 Å². The molecule has 0 atom stereocenters. The zero-order valence-corrected chi connectivity index (χ0v) is 17.3. The highest BCUT2D eigenvalue weighted by Gasteiger charge is 2.30. The quantitative estimate of drug-likeness (QED) is 0.444. The van der Waals surface area contributed by atoms with E-state index in [2.05, 4.69) is 20.4 Å². The van der Waals surface area contributed by atoms with Gasteiger partial charge in [-0.15, -0.1) is 0 Å². The van der Waals surface area contributed by atoms with Gasteiger partial charge in [-0.05, 0) is 48.5 Å². The smallest absolute Gasteiger partial charge is 0.345 e. The van der Waals surface area contributed by atoms with E-state index in [4.69, 9.17) is 0 Å². The number of nitrogens with one attached hydrogen (secondary N) is 1. The molecular formula is C23H17F3N6O. The summed E-state index contributed by atoms with van der Waals surface area (Å²) in [5.74, 6) is 0.207. The molecule has 7 nitrogen and oxygen atoms in total. The Morgan fingerprint density at radius 3 is 2.45 bits per heavy atom. The zero-order chi connectivity index (χ0) is 23.2. The maximum absolute atomic E-state index is 13.0. The summed E-state index contributed by atoms with van der Waals surface area (Å²) < 4.78 is 42.4. The Balaban J connectivity index is 1.55. The summed E-state index contributed by atoms with van der Waals surface area (Å²) in [6, 6.07) is 11.8. The summed E-state index contributed by atoms with van der Waals surface area (Å²) in [6.07, 6.45) is 0.607. The van der Waals surface area contributed by atoms with Crippen LogP contribution in [0.25, 0.3) is 27.6 Å². The molecule has 0 aliphatic rings. The van der Waals surface area contributed by atoms with Gasteiger partial charge in [0, 0.05) is 47.7 Å². The fourth-order valence-corrected chi connectivity index (χ4v) is 3.78. The molecule has 3 heterocycles. The van der Waals surface area contributed by atoms with E-state index >= 15 is 0 Å². The van der Waals surface area contributed by atoms with Gasteiger partial charge in [-0.2, -0.15) is 18.3 Å². The van der Waals surface area contributed by atoms with E-state index in [1.165, 1.54) is 12.1 Å². The standard InChI is InChI=1S/C23H17F3N6O/c1-31-13-18-17-11-14(22(33)29-12-20-27-9-2-10-28-20)3-8-19(17)32(21(18)30-31)16-6-4-15(5-7-16)23(24,25)26/h2-11,13H,12H2,1H3,(H,29,33). The third kappa shape index (κ3) is 3.79. The van der Waals surface area contributed by atoms with Gasteiger partial charge in [-0.1, -0.05) is 0 Å². The highest BCUT2D eigenvalue weighted by Crippen LogP contribution is 2.34. The van der Waals surface area contributed by atoms with Crippen molar-refractivity contribution in [1.29, 1.82) is 0 Å². The lowest BCUT2D eigenvalue weighted by Crippen LogP contribution is -2.23. The fraction of sp³-hybridized carbons (Fsp3) is 0.130. The van der Waals surface area contributed by atoms with E-state index in [1.54, 1.807) is 53.0 Å². The number of carbonyl (C=O) groups is 1. The number of aromatic nitrogens is 5. The molecule has 0 saturated carbocycles. The predicted molar refractivity (Wildman–Crippen MR) is 116 cm³/mol. The highest BCUT2D eigenvalue weighted by atomic mass is 19.4. The van der Waals surface area contributed by atoms with Gasteiger partial charge in [0.05, 0.1) is 17.6 Å². The van der Waals surface area contributed by atoms with Crippen molar-refractivity contribution in [2.75, 3.05) is 0 Å². The lowest BCUT2D eigenvalue weighted by atomic mass is 10.1. The van der Waals surface area contributed by atoms with Crippen LogP contribution in [-0.4, -0.2) is 30.2 Å². The third-order valence-corrected chi connectivity index (χ3v) is 5.29. The first-order valence-corrected chi connectivity index (χ1v) is 10.0. The Kier molecular flexibility index (Phi) is 4.85. The van der Waals surface area contributed by atoms with Gasteiger partial charge in [0.25, 0.3) is 5.91 Å². The molecule has 0 bridgehead atoms. The van der Waals surface area contributed by atoms with Crippen molar-refractivity contribution >= 4 is 27.8 Å². The normalized spacial score (nSPS) is 11.9. The minimum absolute atomic E-state index is 0.187. The Morgan fingerprint density at radius 1 is 1.03 bits per heavy atom. The Labute approximate surface area is 185 Å². The minimum Gasteiger partial charge on any atom is -0.345 e. The van der Waals surface area contributed by atoms with E-state index in [1.807, 2.05) is 6.20 Å². The van der Waals surface area contributed by atoms with Crippen molar-refractivity contribution in [2.45, 2.75) is 12.7 Å². The number of aryl methyl sites for hydroxylation is 1. The molecule has 0 aliphatic heterocycles. The number of rotatable bonds is 4. The number of amides is 1. The van der Waals surface area contributed by atoms with Crippen LogP contribution < -0.4 is 5.32 Å². The summed E-state index contributed by atoms with van der Waals surface area (Å²) in [4.78, 5) is 20.9. The molecule has 166 valence electrons. The summed E-state index contributed by atoms with van der Waals surface area (Å²) in [5.41, 5.74) is 1.58. The Bertz CT molecular complexity index is 1470. The number of hydrogen-bond donors (Lipinski definition) is 1. The Hall–Kier alpha value is -4.21. The number of carbonyl (C=O) groups excluding carboxylic acids is 1. The molecule has 5 aromatic rings. The van der Waals surface area contributed by atoms with E-state index < -0.39 is 11.7 Å². The van der Waals surface area contributed by atoms with Gasteiger partial charge in [0.2, 0.25) is 0 Å². The van der Waals surface area contributed by atoms with Gasteiger partial charge in [-0.25, -0.2) is 9.97 Å².